The van der Waals surface area contributed by atoms with E-state index in [4.69, 9.17) is 0 Å². The first-order valence-corrected chi connectivity index (χ1v) is 8.12. The van der Waals surface area contributed by atoms with Gasteiger partial charge >= 0.3 is 0 Å². The Kier molecular flexibility index (Phi) is 5.39. The number of rotatable bonds is 4. The van der Waals surface area contributed by atoms with Gasteiger partial charge in [-0.1, -0.05) is 41.8 Å². The Bertz CT molecular complexity index is 354. The molecule has 1 aliphatic rings. The SMILES string of the molecule is CCNC1CCCCC1Sc1cccc(Br)c1. The van der Waals surface area contributed by atoms with Gasteiger partial charge in [0.2, 0.25) is 0 Å². The largest absolute Gasteiger partial charge is 0.313 e. The van der Waals surface area contributed by atoms with Gasteiger partial charge in [-0.25, -0.2) is 0 Å². The highest BCUT2D eigenvalue weighted by atomic mass is 79.9. The monoisotopic (exact) mass is 313 g/mol. The van der Waals surface area contributed by atoms with E-state index < -0.39 is 0 Å². The summed E-state index contributed by atoms with van der Waals surface area (Å²) in [7, 11) is 0. The van der Waals surface area contributed by atoms with Crippen LogP contribution in [0.2, 0.25) is 0 Å². The summed E-state index contributed by atoms with van der Waals surface area (Å²) in [6, 6.07) is 9.34. The van der Waals surface area contributed by atoms with E-state index in [9.17, 15) is 0 Å². The second-order valence-electron chi connectivity index (χ2n) is 4.56. The molecule has 1 nitrogen and oxygen atoms in total. The Morgan fingerprint density at radius 2 is 2.18 bits per heavy atom. The van der Waals surface area contributed by atoms with Crippen molar-refractivity contribution >= 4 is 27.7 Å². The summed E-state index contributed by atoms with van der Waals surface area (Å²) in [4.78, 5) is 1.38. The van der Waals surface area contributed by atoms with Gasteiger partial charge in [-0.15, -0.1) is 11.8 Å². The summed E-state index contributed by atoms with van der Waals surface area (Å²) in [5, 5.41) is 4.37. The summed E-state index contributed by atoms with van der Waals surface area (Å²) in [6.45, 7) is 3.29. The molecule has 0 bridgehead atoms. The minimum absolute atomic E-state index is 0.692. The minimum atomic E-state index is 0.692. The highest BCUT2D eigenvalue weighted by Gasteiger charge is 2.24. The lowest BCUT2D eigenvalue weighted by Crippen LogP contribution is -2.40. The molecule has 1 aromatic carbocycles. The second kappa shape index (κ2) is 6.81. The van der Waals surface area contributed by atoms with E-state index in [1.807, 2.05) is 11.8 Å². The van der Waals surface area contributed by atoms with Crippen molar-refractivity contribution in [1.82, 2.24) is 5.32 Å². The van der Waals surface area contributed by atoms with E-state index in [-0.39, 0.29) is 0 Å². The lowest BCUT2D eigenvalue weighted by molar-refractivity contribution is 0.391. The lowest BCUT2D eigenvalue weighted by atomic mass is 9.95. The van der Waals surface area contributed by atoms with Crippen molar-refractivity contribution in [2.24, 2.45) is 0 Å². The molecule has 0 saturated heterocycles. The Morgan fingerprint density at radius 3 is 2.94 bits per heavy atom. The molecule has 2 unspecified atom stereocenters. The highest BCUT2D eigenvalue weighted by molar-refractivity contribution is 9.10. The van der Waals surface area contributed by atoms with Gasteiger partial charge in [-0.3, -0.25) is 0 Å². The molecule has 1 fully saturated rings. The van der Waals surface area contributed by atoms with Crippen molar-refractivity contribution < 1.29 is 0 Å². The van der Waals surface area contributed by atoms with Crippen molar-refractivity contribution in [2.75, 3.05) is 6.54 Å². The van der Waals surface area contributed by atoms with Crippen molar-refractivity contribution in [3.63, 3.8) is 0 Å². The van der Waals surface area contributed by atoms with E-state index in [0.717, 1.165) is 11.8 Å². The lowest BCUT2D eigenvalue weighted by Gasteiger charge is -2.31. The summed E-state index contributed by atoms with van der Waals surface area (Å²) in [5.74, 6) is 0. The number of benzene rings is 1. The van der Waals surface area contributed by atoms with Crippen LogP contribution >= 0.6 is 27.7 Å². The van der Waals surface area contributed by atoms with Gasteiger partial charge in [-0.2, -0.15) is 0 Å². The van der Waals surface area contributed by atoms with Crippen LogP contribution < -0.4 is 5.32 Å². The molecule has 1 N–H and O–H groups in total. The van der Waals surface area contributed by atoms with Crippen LogP contribution in [-0.4, -0.2) is 17.8 Å². The van der Waals surface area contributed by atoms with Crippen molar-refractivity contribution in [1.29, 1.82) is 0 Å². The smallest absolute Gasteiger partial charge is 0.0248 e. The number of nitrogens with one attached hydrogen (secondary N) is 1. The summed E-state index contributed by atoms with van der Waals surface area (Å²) in [6.07, 6.45) is 5.44. The fourth-order valence-electron chi connectivity index (χ4n) is 2.45. The van der Waals surface area contributed by atoms with Gasteiger partial charge in [0.1, 0.15) is 0 Å². The normalized spacial score (nSPS) is 24.8. The first-order valence-electron chi connectivity index (χ1n) is 6.45. The first kappa shape index (κ1) is 13.4. The molecule has 2 atom stereocenters. The van der Waals surface area contributed by atoms with Crippen LogP contribution in [0.25, 0.3) is 0 Å². The number of hydrogen-bond acceptors (Lipinski definition) is 2. The maximum atomic E-state index is 3.64. The summed E-state index contributed by atoms with van der Waals surface area (Å²) >= 11 is 5.58. The molecule has 1 aromatic rings. The zero-order valence-corrected chi connectivity index (χ0v) is 12.7. The van der Waals surface area contributed by atoms with Crippen LogP contribution in [0, 0.1) is 0 Å². The van der Waals surface area contributed by atoms with Crippen molar-refractivity contribution in [3.05, 3.63) is 28.7 Å². The van der Waals surface area contributed by atoms with Crippen molar-refractivity contribution in [3.8, 4) is 0 Å². The molecule has 0 spiro atoms. The van der Waals surface area contributed by atoms with Crippen molar-refractivity contribution in [2.45, 2.75) is 48.8 Å². The molecule has 0 aromatic heterocycles. The Morgan fingerprint density at radius 1 is 1.35 bits per heavy atom. The Hall–Kier alpha value is 0.01000. The topological polar surface area (TPSA) is 12.0 Å². The average Bonchev–Trinajstić information content (AvgIpc) is 2.32. The predicted molar refractivity (Wildman–Crippen MR) is 79.7 cm³/mol. The summed E-state index contributed by atoms with van der Waals surface area (Å²) in [5.41, 5.74) is 0. The third kappa shape index (κ3) is 4.01. The molecule has 17 heavy (non-hydrogen) atoms. The second-order valence-corrected chi connectivity index (χ2v) is 6.79. The standard InChI is InChI=1S/C14H20BrNS/c1-2-16-13-8-3-4-9-14(13)17-12-7-5-6-11(15)10-12/h5-7,10,13-14,16H,2-4,8-9H2,1H3. The zero-order chi connectivity index (χ0) is 12.1. The molecule has 1 saturated carbocycles. The fourth-order valence-corrected chi connectivity index (χ4v) is 4.38. The van der Waals surface area contributed by atoms with Gasteiger partial charge in [0.05, 0.1) is 0 Å². The van der Waals surface area contributed by atoms with Gasteiger partial charge in [0.15, 0.2) is 0 Å². The third-order valence-electron chi connectivity index (χ3n) is 3.25. The number of halogens is 1. The maximum absolute atomic E-state index is 3.64. The fraction of sp³-hybridized carbons (Fsp3) is 0.571. The molecule has 0 amide bonds. The molecule has 1 aliphatic carbocycles. The van der Waals surface area contributed by atoms with Crippen LogP contribution in [0.15, 0.2) is 33.6 Å². The quantitative estimate of drug-likeness (QED) is 0.880. The molecular weight excluding hydrogens is 294 g/mol. The third-order valence-corrected chi connectivity index (χ3v) is 5.14. The Balaban J connectivity index is 2.00. The van der Waals surface area contributed by atoms with Crippen LogP contribution in [0.3, 0.4) is 0 Å². The number of hydrogen-bond donors (Lipinski definition) is 1. The average molecular weight is 314 g/mol. The first-order chi connectivity index (χ1) is 8.29. The zero-order valence-electron chi connectivity index (χ0n) is 10.3. The molecule has 0 radical (unpaired) electrons. The molecule has 2 rings (SSSR count). The van der Waals surface area contributed by atoms with E-state index in [1.54, 1.807) is 0 Å². The van der Waals surface area contributed by atoms with E-state index in [1.165, 1.54) is 35.1 Å². The van der Waals surface area contributed by atoms with Crippen LogP contribution in [0.5, 0.6) is 0 Å². The van der Waals surface area contributed by atoms with Gasteiger partial charge in [0.25, 0.3) is 0 Å². The van der Waals surface area contributed by atoms with Gasteiger partial charge in [0, 0.05) is 20.7 Å². The van der Waals surface area contributed by atoms with E-state index in [2.05, 4.69) is 52.4 Å². The molecule has 3 heteroatoms. The van der Waals surface area contributed by atoms with E-state index in [0.29, 0.717) is 6.04 Å². The molecular formula is C14H20BrNS. The van der Waals surface area contributed by atoms with Gasteiger partial charge < -0.3 is 5.32 Å². The molecule has 0 heterocycles. The van der Waals surface area contributed by atoms with E-state index >= 15 is 0 Å². The maximum Gasteiger partial charge on any atom is 0.0248 e. The Labute approximate surface area is 117 Å². The minimum Gasteiger partial charge on any atom is -0.313 e. The van der Waals surface area contributed by atoms with Crippen LogP contribution in [0.1, 0.15) is 32.6 Å². The molecule has 0 aliphatic heterocycles. The summed E-state index contributed by atoms with van der Waals surface area (Å²) < 4.78 is 1.18. The van der Waals surface area contributed by atoms with Gasteiger partial charge in [-0.05, 0) is 37.6 Å². The number of thioether (sulfide) groups is 1. The highest BCUT2D eigenvalue weighted by Crippen LogP contribution is 2.34. The van der Waals surface area contributed by atoms with Crippen LogP contribution in [-0.2, 0) is 0 Å². The van der Waals surface area contributed by atoms with Crippen LogP contribution in [0.4, 0.5) is 0 Å². The molecule has 94 valence electrons. The predicted octanol–water partition coefficient (Wildman–Crippen LogP) is 4.46.